The van der Waals surface area contributed by atoms with Crippen LogP contribution in [0.3, 0.4) is 0 Å². The maximum atomic E-state index is 5.74. The van der Waals surface area contributed by atoms with Crippen molar-refractivity contribution in [3.63, 3.8) is 0 Å². The van der Waals surface area contributed by atoms with Gasteiger partial charge in [-0.25, -0.2) is 0 Å². The second-order valence-electron chi connectivity index (χ2n) is 6.11. The van der Waals surface area contributed by atoms with Crippen molar-refractivity contribution in [3.05, 3.63) is 47.1 Å². The van der Waals surface area contributed by atoms with Gasteiger partial charge in [-0.3, -0.25) is 0 Å². The molecular weight excluding hydrogens is 262 g/mol. The first-order chi connectivity index (χ1) is 10.3. The van der Waals surface area contributed by atoms with Gasteiger partial charge < -0.3 is 10.3 Å². The van der Waals surface area contributed by atoms with Gasteiger partial charge in [0, 0.05) is 12.3 Å². The summed E-state index contributed by atoms with van der Waals surface area (Å²) < 4.78 is 5.49. The van der Waals surface area contributed by atoms with Crippen LogP contribution in [-0.2, 0) is 6.42 Å². The van der Waals surface area contributed by atoms with Crippen molar-refractivity contribution in [2.75, 3.05) is 6.54 Å². The van der Waals surface area contributed by atoms with E-state index in [0.717, 1.165) is 37.5 Å². The van der Waals surface area contributed by atoms with Crippen LogP contribution >= 0.6 is 0 Å². The summed E-state index contributed by atoms with van der Waals surface area (Å²) in [5.41, 5.74) is 8.27. The van der Waals surface area contributed by atoms with Crippen LogP contribution in [-0.4, -0.2) is 16.7 Å². The predicted octanol–water partition coefficient (Wildman–Crippen LogP) is 3.20. The van der Waals surface area contributed by atoms with Gasteiger partial charge in [-0.05, 0) is 56.2 Å². The zero-order valence-corrected chi connectivity index (χ0v) is 12.6. The van der Waals surface area contributed by atoms with Crippen LogP contribution in [0.2, 0.25) is 0 Å². The molecule has 0 radical (unpaired) electrons. The lowest BCUT2D eigenvalue weighted by molar-refractivity contribution is 0.274. The van der Waals surface area contributed by atoms with Gasteiger partial charge in [-0.1, -0.05) is 29.4 Å². The van der Waals surface area contributed by atoms with Crippen molar-refractivity contribution < 1.29 is 4.52 Å². The number of nitrogens with zero attached hydrogens (tertiary/aromatic N) is 2. The molecule has 2 aromatic rings. The highest BCUT2D eigenvalue weighted by molar-refractivity contribution is 5.28. The average Bonchev–Trinajstić information content (AvgIpc) is 2.98. The van der Waals surface area contributed by atoms with E-state index in [9.17, 15) is 0 Å². The molecule has 4 heteroatoms. The molecule has 0 saturated heterocycles. The minimum Gasteiger partial charge on any atom is -0.339 e. The summed E-state index contributed by atoms with van der Waals surface area (Å²) in [6.45, 7) is 2.92. The first-order valence-electron chi connectivity index (χ1n) is 7.83. The molecule has 0 aliphatic heterocycles. The number of benzene rings is 1. The molecule has 1 heterocycles. The van der Waals surface area contributed by atoms with Gasteiger partial charge in [0.05, 0.1) is 0 Å². The minimum absolute atomic E-state index is 0.422. The predicted molar refractivity (Wildman–Crippen MR) is 82.0 cm³/mol. The third-order valence-corrected chi connectivity index (χ3v) is 4.62. The van der Waals surface area contributed by atoms with Crippen molar-refractivity contribution >= 4 is 0 Å². The van der Waals surface area contributed by atoms with Crippen LogP contribution < -0.4 is 5.73 Å². The summed E-state index contributed by atoms with van der Waals surface area (Å²) >= 11 is 0. The molecule has 0 bridgehead atoms. The lowest BCUT2D eigenvalue weighted by atomic mass is 9.82. The number of aryl methyl sites for hydroxylation is 1. The highest BCUT2D eigenvalue weighted by Crippen LogP contribution is 2.34. The summed E-state index contributed by atoms with van der Waals surface area (Å²) in [5, 5.41) is 4.16. The van der Waals surface area contributed by atoms with Gasteiger partial charge >= 0.3 is 0 Å². The monoisotopic (exact) mass is 285 g/mol. The Kier molecular flexibility index (Phi) is 4.34. The fraction of sp³-hybridized carbons (Fsp3) is 0.529. The fourth-order valence-corrected chi connectivity index (χ4v) is 3.13. The molecule has 0 atom stereocenters. The third kappa shape index (κ3) is 3.32. The van der Waals surface area contributed by atoms with Crippen molar-refractivity contribution in [2.24, 2.45) is 11.7 Å². The van der Waals surface area contributed by atoms with Gasteiger partial charge in [0.2, 0.25) is 5.89 Å². The normalized spacial score (nSPS) is 22.4. The quantitative estimate of drug-likeness (QED) is 0.937. The summed E-state index contributed by atoms with van der Waals surface area (Å²) in [4.78, 5) is 4.61. The molecule has 0 unspecified atom stereocenters. The average molecular weight is 285 g/mol. The molecule has 2 N–H and O–H groups in total. The Morgan fingerprint density at radius 3 is 2.67 bits per heavy atom. The number of aromatic nitrogens is 2. The van der Waals surface area contributed by atoms with Crippen LogP contribution in [0.25, 0.3) is 0 Å². The maximum absolute atomic E-state index is 5.74. The van der Waals surface area contributed by atoms with Crippen molar-refractivity contribution in [1.82, 2.24) is 10.1 Å². The zero-order chi connectivity index (χ0) is 14.7. The van der Waals surface area contributed by atoms with Gasteiger partial charge in [0.25, 0.3) is 0 Å². The Labute approximate surface area is 125 Å². The van der Waals surface area contributed by atoms with Gasteiger partial charge in [0.1, 0.15) is 0 Å². The van der Waals surface area contributed by atoms with E-state index < -0.39 is 0 Å². The van der Waals surface area contributed by atoms with Crippen LogP contribution in [0, 0.1) is 12.8 Å². The SMILES string of the molecule is Cc1ccccc1Cc1noc(C2CCC(CN)CC2)n1. The fourth-order valence-electron chi connectivity index (χ4n) is 3.13. The Bertz CT molecular complexity index is 585. The van der Waals surface area contributed by atoms with Crippen molar-refractivity contribution in [2.45, 2.75) is 44.9 Å². The topological polar surface area (TPSA) is 64.9 Å². The van der Waals surface area contributed by atoms with Crippen LogP contribution in [0.15, 0.2) is 28.8 Å². The molecule has 1 aliphatic carbocycles. The Hall–Kier alpha value is -1.68. The third-order valence-electron chi connectivity index (χ3n) is 4.62. The van der Waals surface area contributed by atoms with E-state index in [1.165, 1.54) is 24.0 Å². The number of hydrogen-bond donors (Lipinski definition) is 1. The second-order valence-corrected chi connectivity index (χ2v) is 6.11. The molecule has 0 amide bonds. The Morgan fingerprint density at radius 2 is 1.95 bits per heavy atom. The van der Waals surface area contributed by atoms with Crippen LogP contribution in [0.4, 0.5) is 0 Å². The van der Waals surface area contributed by atoms with Crippen molar-refractivity contribution in [1.29, 1.82) is 0 Å². The number of hydrogen-bond acceptors (Lipinski definition) is 4. The maximum Gasteiger partial charge on any atom is 0.229 e. The standard InChI is InChI=1S/C17H23N3O/c1-12-4-2-3-5-15(12)10-16-19-17(21-20-16)14-8-6-13(11-18)7-9-14/h2-5,13-14H,6-11,18H2,1H3. The molecule has 3 rings (SSSR count). The lowest BCUT2D eigenvalue weighted by Gasteiger charge is -2.24. The molecule has 1 aromatic carbocycles. The summed E-state index contributed by atoms with van der Waals surface area (Å²) in [7, 11) is 0. The molecule has 0 spiro atoms. The highest BCUT2D eigenvalue weighted by Gasteiger charge is 2.25. The molecule has 1 saturated carbocycles. The number of rotatable bonds is 4. The largest absolute Gasteiger partial charge is 0.339 e. The minimum atomic E-state index is 0.422. The molecule has 1 aliphatic rings. The van der Waals surface area contributed by atoms with E-state index in [4.69, 9.17) is 10.3 Å². The van der Waals surface area contributed by atoms with E-state index in [1.807, 2.05) is 0 Å². The van der Waals surface area contributed by atoms with E-state index in [2.05, 4.69) is 41.3 Å². The van der Waals surface area contributed by atoms with Crippen LogP contribution in [0.5, 0.6) is 0 Å². The summed E-state index contributed by atoms with van der Waals surface area (Å²) in [6, 6.07) is 8.34. The zero-order valence-electron chi connectivity index (χ0n) is 12.6. The molecule has 112 valence electrons. The molecule has 4 nitrogen and oxygen atoms in total. The molecule has 21 heavy (non-hydrogen) atoms. The van der Waals surface area contributed by atoms with Gasteiger partial charge in [-0.2, -0.15) is 4.98 Å². The summed E-state index contributed by atoms with van der Waals surface area (Å²) in [6.07, 6.45) is 5.34. The van der Waals surface area contributed by atoms with Crippen molar-refractivity contribution in [3.8, 4) is 0 Å². The van der Waals surface area contributed by atoms with E-state index in [0.29, 0.717) is 11.8 Å². The molecular formula is C17H23N3O. The highest BCUT2D eigenvalue weighted by atomic mass is 16.5. The second kappa shape index (κ2) is 6.39. The van der Waals surface area contributed by atoms with E-state index >= 15 is 0 Å². The molecule has 1 aromatic heterocycles. The van der Waals surface area contributed by atoms with E-state index in [-0.39, 0.29) is 0 Å². The van der Waals surface area contributed by atoms with E-state index in [1.54, 1.807) is 0 Å². The first kappa shape index (κ1) is 14.3. The lowest BCUT2D eigenvalue weighted by Crippen LogP contribution is -2.20. The number of nitrogens with two attached hydrogens (primary N) is 1. The smallest absolute Gasteiger partial charge is 0.229 e. The Balaban J connectivity index is 1.65. The molecule has 1 fully saturated rings. The van der Waals surface area contributed by atoms with Gasteiger partial charge in [0.15, 0.2) is 5.82 Å². The Morgan fingerprint density at radius 1 is 1.19 bits per heavy atom. The van der Waals surface area contributed by atoms with Gasteiger partial charge in [-0.15, -0.1) is 0 Å². The first-order valence-corrected chi connectivity index (χ1v) is 7.83. The van der Waals surface area contributed by atoms with Crippen LogP contribution in [0.1, 0.15) is 54.4 Å². The summed E-state index contributed by atoms with van der Waals surface area (Å²) in [5.74, 6) is 2.70.